The van der Waals surface area contributed by atoms with Crippen LogP contribution in [0.1, 0.15) is 36.0 Å². The zero-order valence-corrected chi connectivity index (χ0v) is 13.4. The molecule has 1 aromatic carbocycles. The summed E-state index contributed by atoms with van der Waals surface area (Å²) >= 11 is 5.83. The van der Waals surface area contributed by atoms with Gasteiger partial charge in [-0.15, -0.1) is 0 Å². The van der Waals surface area contributed by atoms with Gasteiger partial charge in [-0.2, -0.15) is 0 Å². The Hall–Kier alpha value is -1.30. The van der Waals surface area contributed by atoms with Crippen LogP contribution in [0.4, 0.5) is 0 Å². The summed E-state index contributed by atoms with van der Waals surface area (Å²) in [6.07, 6.45) is 4.05. The van der Waals surface area contributed by atoms with Crippen molar-refractivity contribution in [2.75, 3.05) is 26.2 Å². The van der Waals surface area contributed by atoms with Crippen molar-refractivity contribution in [1.29, 1.82) is 0 Å². The number of phenolic OH excluding ortho intramolecular Hbond substituents is 1. The van der Waals surface area contributed by atoms with Crippen LogP contribution < -0.4 is 5.32 Å². The predicted octanol–water partition coefficient (Wildman–Crippen LogP) is 2.01. The molecule has 1 heterocycles. The first-order chi connectivity index (χ1) is 10.6. The maximum atomic E-state index is 12.0. The average molecular weight is 327 g/mol. The lowest BCUT2D eigenvalue weighted by atomic mass is 10.2. The third-order valence-electron chi connectivity index (χ3n) is 4.07. The Kier molecular flexibility index (Phi) is 6.49. The molecule has 5 nitrogen and oxygen atoms in total. The first kappa shape index (κ1) is 17.1. The minimum Gasteiger partial charge on any atom is -0.507 e. The largest absolute Gasteiger partial charge is 0.507 e. The van der Waals surface area contributed by atoms with Crippen molar-refractivity contribution in [2.45, 2.75) is 31.7 Å². The number of aromatic hydroxyl groups is 1. The molecule has 1 unspecified atom stereocenters. The molecule has 3 N–H and O–H groups in total. The maximum Gasteiger partial charge on any atom is 0.255 e. The van der Waals surface area contributed by atoms with Crippen molar-refractivity contribution >= 4 is 17.5 Å². The van der Waals surface area contributed by atoms with Gasteiger partial charge in [0, 0.05) is 17.6 Å². The number of carbonyl (C=O) groups is 1. The Balaban J connectivity index is 1.68. The van der Waals surface area contributed by atoms with Crippen molar-refractivity contribution in [3.05, 3.63) is 28.8 Å². The van der Waals surface area contributed by atoms with E-state index in [-0.39, 0.29) is 23.8 Å². The molecule has 1 amide bonds. The Morgan fingerprint density at radius 2 is 2.23 bits per heavy atom. The molecular formula is C16H23ClN2O3. The Morgan fingerprint density at radius 1 is 1.41 bits per heavy atom. The second kappa shape index (κ2) is 8.36. The normalized spacial score (nSPS) is 18.5. The number of nitrogens with zero attached hydrogens (tertiary/aromatic N) is 1. The van der Waals surface area contributed by atoms with Gasteiger partial charge in [-0.1, -0.05) is 11.6 Å². The maximum absolute atomic E-state index is 12.0. The van der Waals surface area contributed by atoms with E-state index in [1.54, 1.807) is 6.07 Å². The zero-order chi connectivity index (χ0) is 15.9. The van der Waals surface area contributed by atoms with Gasteiger partial charge in [0.2, 0.25) is 0 Å². The van der Waals surface area contributed by atoms with Crippen LogP contribution in [0.5, 0.6) is 5.75 Å². The number of phenols is 1. The van der Waals surface area contributed by atoms with Crippen LogP contribution in [-0.2, 0) is 0 Å². The summed E-state index contributed by atoms with van der Waals surface area (Å²) in [7, 11) is 0. The Morgan fingerprint density at radius 3 is 3.00 bits per heavy atom. The minimum absolute atomic E-state index is 0.0650. The van der Waals surface area contributed by atoms with E-state index in [1.807, 2.05) is 0 Å². The lowest BCUT2D eigenvalue weighted by Crippen LogP contribution is -2.33. The molecular weight excluding hydrogens is 304 g/mol. The molecule has 0 radical (unpaired) electrons. The summed E-state index contributed by atoms with van der Waals surface area (Å²) in [6, 6.07) is 4.72. The number of likely N-dealkylation sites (tertiary alicyclic amines) is 1. The number of aliphatic hydroxyl groups is 1. The van der Waals surface area contributed by atoms with Crippen molar-refractivity contribution in [2.24, 2.45) is 0 Å². The molecule has 1 aliphatic heterocycles. The van der Waals surface area contributed by atoms with E-state index in [9.17, 15) is 15.0 Å². The number of hydrogen-bond acceptors (Lipinski definition) is 4. The Labute approximate surface area is 135 Å². The van der Waals surface area contributed by atoms with Gasteiger partial charge in [-0.25, -0.2) is 0 Å². The number of nitrogens with one attached hydrogen (secondary N) is 1. The van der Waals surface area contributed by atoms with Crippen molar-refractivity contribution in [3.8, 4) is 5.75 Å². The van der Waals surface area contributed by atoms with Gasteiger partial charge in [0.1, 0.15) is 5.75 Å². The third-order valence-corrected chi connectivity index (χ3v) is 4.31. The molecule has 0 bridgehead atoms. The quantitative estimate of drug-likeness (QED) is 0.670. The lowest BCUT2D eigenvalue weighted by molar-refractivity contribution is 0.0949. The highest BCUT2D eigenvalue weighted by molar-refractivity contribution is 6.31. The van der Waals surface area contributed by atoms with E-state index in [2.05, 4.69) is 10.2 Å². The van der Waals surface area contributed by atoms with Gasteiger partial charge in [0.15, 0.2) is 0 Å². The Bertz CT molecular complexity index is 510. The minimum atomic E-state index is -0.311. The summed E-state index contributed by atoms with van der Waals surface area (Å²) in [5.41, 5.74) is 0.201. The van der Waals surface area contributed by atoms with E-state index in [0.29, 0.717) is 17.6 Å². The van der Waals surface area contributed by atoms with Gasteiger partial charge < -0.3 is 15.5 Å². The van der Waals surface area contributed by atoms with E-state index >= 15 is 0 Å². The molecule has 0 aromatic heterocycles. The number of benzene rings is 1. The van der Waals surface area contributed by atoms with Crippen LogP contribution >= 0.6 is 11.6 Å². The van der Waals surface area contributed by atoms with Crippen LogP contribution in [0.2, 0.25) is 5.02 Å². The highest BCUT2D eigenvalue weighted by Crippen LogP contribution is 2.21. The monoisotopic (exact) mass is 326 g/mol. The summed E-state index contributed by atoms with van der Waals surface area (Å²) in [5.74, 6) is -0.376. The lowest BCUT2D eigenvalue weighted by Gasteiger charge is -2.22. The summed E-state index contributed by atoms with van der Waals surface area (Å²) in [4.78, 5) is 14.3. The van der Waals surface area contributed by atoms with Gasteiger partial charge >= 0.3 is 0 Å². The van der Waals surface area contributed by atoms with Crippen LogP contribution in [0.15, 0.2) is 18.2 Å². The summed E-state index contributed by atoms with van der Waals surface area (Å²) < 4.78 is 0. The summed E-state index contributed by atoms with van der Waals surface area (Å²) in [6.45, 7) is 2.78. The predicted molar refractivity (Wildman–Crippen MR) is 86.4 cm³/mol. The fourth-order valence-corrected chi connectivity index (χ4v) is 3.00. The van der Waals surface area contributed by atoms with E-state index in [4.69, 9.17) is 11.6 Å². The third kappa shape index (κ3) is 4.60. The molecule has 6 heteroatoms. The zero-order valence-electron chi connectivity index (χ0n) is 12.6. The number of amides is 1. The van der Waals surface area contributed by atoms with E-state index < -0.39 is 0 Å². The SMILES string of the molecule is O=C(NCCCCN1CCCC1CO)c1cc(Cl)ccc1O. The van der Waals surface area contributed by atoms with Gasteiger partial charge in [-0.3, -0.25) is 9.69 Å². The van der Waals surface area contributed by atoms with Crippen LogP contribution in [0.3, 0.4) is 0 Å². The molecule has 22 heavy (non-hydrogen) atoms. The fourth-order valence-electron chi connectivity index (χ4n) is 2.82. The molecule has 2 rings (SSSR count). The molecule has 0 spiro atoms. The molecule has 1 aromatic rings. The molecule has 122 valence electrons. The molecule has 1 saturated heterocycles. The number of aliphatic hydroxyl groups excluding tert-OH is 1. The first-order valence-corrected chi connectivity index (χ1v) is 8.11. The van der Waals surface area contributed by atoms with Crippen LogP contribution in [0, 0.1) is 0 Å². The number of halogens is 1. The number of carbonyl (C=O) groups excluding carboxylic acids is 1. The second-order valence-electron chi connectivity index (χ2n) is 5.64. The number of hydrogen-bond donors (Lipinski definition) is 3. The molecule has 1 atom stereocenters. The molecule has 0 saturated carbocycles. The highest BCUT2D eigenvalue weighted by atomic mass is 35.5. The van der Waals surface area contributed by atoms with Crippen molar-refractivity contribution in [1.82, 2.24) is 10.2 Å². The average Bonchev–Trinajstić information content (AvgIpc) is 2.96. The summed E-state index contributed by atoms with van der Waals surface area (Å²) in [5, 5.41) is 22.1. The molecule has 1 aliphatic rings. The van der Waals surface area contributed by atoms with Crippen molar-refractivity contribution < 1.29 is 15.0 Å². The number of rotatable bonds is 7. The second-order valence-corrected chi connectivity index (χ2v) is 6.08. The van der Waals surface area contributed by atoms with Crippen LogP contribution in [-0.4, -0.2) is 53.3 Å². The highest BCUT2D eigenvalue weighted by Gasteiger charge is 2.22. The standard InChI is InChI=1S/C16H23ClN2O3/c17-12-5-6-15(21)14(10-12)16(22)18-7-1-2-8-19-9-3-4-13(19)11-20/h5-6,10,13,20-21H,1-4,7-9,11H2,(H,18,22). The fraction of sp³-hybridized carbons (Fsp3) is 0.562. The smallest absolute Gasteiger partial charge is 0.255 e. The van der Waals surface area contributed by atoms with Crippen LogP contribution in [0.25, 0.3) is 0 Å². The molecule has 0 aliphatic carbocycles. The van der Waals surface area contributed by atoms with E-state index in [0.717, 1.165) is 38.8 Å². The number of unbranched alkanes of at least 4 members (excludes halogenated alkanes) is 1. The van der Waals surface area contributed by atoms with Gasteiger partial charge in [0.25, 0.3) is 5.91 Å². The molecule has 1 fully saturated rings. The first-order valence-electron chi connectivity index (χ1n) is 7.73. The van der Waals surface area contributed by atoms with E-state index in [1.165, 1.54) is 12.1 Å². The van der Waals surface area contributed by atoms with Gasteiger partial charge in [-0.05, 0) is 57.0 Å². The van der Waals surface area contributed by atoms with Gasteiger partial charge in [0.05, 0.1) is 12.2 Å². The van der Waals surface area contributed by atoms with Crippen molar-refractivity contribution in [3.63, 3.8) is 0 Å². The topological polar surface area (TPSA) is 72.8 Å².